The van der Waals surface area contributed by atoms with Crippen molar-refractivity contribution >= 4 is 47.9 Å². The van der Waals surface area contributed by atoms with Gasteiger partial charge in [0.15, 0.2) is 0 Å². The van der Waals surface area contributed by atoms with Crippen molar-refractivity contribution in [1.29, 1.82) is 0 Å². The fraction of sp³-hybridized carbons (Fsp3) is 0. The number of halogens is 1. The molecule has 1 amide bonds. The number of anilines is 5. The maximum atomic E-state index is 13.9. The van der Waals surface area contributed by atoms with Crippen LogP contribution in [0.2, 0.25) is 0 Å². The number of carbonyl (C=O) groups is 1. The van der Waals surface area contributed by atoms with Gasteiger partial charge in [0.1, 0.15) is 31.6 Å². The maximum Gasteiger partial charge on any atom is 0.247 e. The van der Waals surface area contributed by atoms with E-state index in [-0.39, 0.29) is 11.6 Å². The van der Waals surface area contributed by atoms with Gasteiger partial charge in [0.05, 0.1) is 5.69 Å². The van der Waals surface area contributed by atoms with Crippen LogP contribution in [0.1, 0.15) is 0 Å². The number of amides is 1. The van der Waals surface area contributed by atoms with Gasteiger partial charge in [0.2, 0.25) is 5.91 Å². The minimum atomic E-state index is -0.478. The van der Waals surface area contributed by atoms with E-state index in [9.17, 15) is 9.18 Å². The Morgan fingerprint density at radius 3 is 2.52 bits per heavy atom. The van der Waals surface area contributed by atoms with Crippen LogP contribution in [-0.2, 0) is 4.79 Å². The Bertz CT molecular complexity index is 995. The van der Waals surface area contributed by atoms with E-state index in [1.54, 1.807) is 30.3 Å². The Balaban J connectivity index is 1.75. The summed E-state index contributed by atoms with van der Waals surface area (Å²) in [6.07, 6.45) is 2.54. The number of hydrogen-bond acceptors (Lipinski definition) is 5. The van der Waals surface area contributed by atoms with Crippen LogP contribution in [0.25, 0.3) is 0 Å². The molecule has 0 fully saturated rings. The lowest BCUT2D eigenvalue weighted by molar-refractivity contribution is -0.111. The summed E-state index contributed by atoms with van der Waals surface area (Å²) < 4.78 is 13.9. The molecule has 0 bridgehead atoms. The van der Waals surface area contributed by atoms with Gasteiger partial charge in [-0.25, -0.2) is 14.4 Å². The van der Waals surface area contributed by atoms with Crippen LogP contribution in [-0.4, -0.2) is 23.7 Å². The maximum absolute atomic E-state index is 13.9. The van der Waals surface area contributed by atoms with Crippen molar-refractivity contribution in [2.75, 3.05) is 16.0 Å². The van der Waals surface area contributed by atoms with Crippen LogP contribution in [0.5, 0.6) is 0 Å². The highest BCUT2D eigenvalue weighted by Gasteiger charge is 2.05. The summed E-state index contributed by atoms with van der Waals surface area (Å²) in [6, 6.07) is 13.1. The lowest BCUT2D eigenvalue weighted by Crippen LogP contribution is -2.07. The summed E-state index contributed by atoms with van der Waals surface area (Å²) in [5.41, 5.74) is 1.91. The van der Waals surface area contributed by atoms with Gasteiger partial charge in [-0.1, -0.05) is 24.2 Å². The van der Waals surface area contributed by atoms with Gasteiger partial charge in [-0.05, 0) is 36.4 Å². The SMILES string of the molecule is [B]c1ccc(Nc2cc(Nc3cccc(NC(=O)C=C)c3)ncn2)c(F)c1. The molecule has 2 radical (unpaired) electrons. The van der Waals surface area contributed by atoms with Crippen LogP contribution >= 0.6 is 0 Å². The monoisotopic (exact) mass is 359 g/mol. The third-order valence-corrected chi connectivity index (χ3v) is 3.51. The first-order valence-electron chi connectivity index (χ1n) is 7.98. The molecular formula is C19H15BFN5O. The fourth-order valence-corrected chi connectivity index (χ4v) is 2.28. The molecule has 8 heteroatoms. The lowest BCUT2D eigenvalue weighted by Gasteiger charge is -2.11. The number of carbonyl (C=O) groups excluding carboxylic acids is 1. The van der Waals surface area contributed by atoms with E-state index in [4.69, 9.17) is 7.85 Å². The molecule has 0 aliphatic carbocycles. The standard InChI is InChI=1S/C19H15BFN5O/c1-2-19(27)25-14-5-3-4-13(9-14)24-17-10-18(23-11-22-17)26-16-7-6-12(20)8-15(16)21/h2-11H,1H2,(H,25,27)(H2,22,23,24,26). The molecule has 0 spiro atoms. The van der Waals surface area contributed by atoms with Crippen LogP contribution in [0.15, 0.2) is 67.5 Å². The highest BCUT2D eigenvalue weighted by Crippen LogP contribution is 2.22. The zero-order valence-corrected chi connectivity index (χ0v) is 14.2. The Labute approximate surface area is 157 Å². The van der Waals surface area contributed by atoms with Crippen molar-refractivity contribution in [3.63, 3.8) is 0 Å². The van der Waals surface area contributed by atoms with Gasteiger partial charge in [0.25, 0.3) is 0 Å². The topological polar surface area (TPSA) is 78.9 Å². The van der Waals surface area contributed by atoms with Crippen LogP contribution < -0.4 is 21.4 Å². The Morgan fingerprint density at radius 2 is 1.78 bits per heavy atom. The van der Waals surface area contributed by atoms with Crippen molar-refractivity contribution in [2.24, 2.45) is 0 Å². The molecular weight excluding hydrogens is 344 g/mol. The summed E-state index contributed by atoms with van der Waals surface area (Å²) >= 11 is 0. The molecule has 1 aromatic heterocycles. The highest BCUT2D eigenvalue weighted by atomic mass is 19.1. The van der Waals surface area contributed by atoms with E-state index in [0.717, 1.165) is 0 Å². The summed E-state index contributed by atoms with van der Waals surface area (Å²) in [4.78, 5) is 19.6. The molecule has 27 heavy (non-hydrogen) atoms. The predicted octanol–water partition coefficient (Wildman–Crippen LogP) is 3.02. The van der Waals surface area contributed by atoms with Gasteiger partial charge in [0, 0.05) is 17.4 Å². The van der Waals surface area contributed by atoms with Crippen LogP contribution in [0.4, 0.5) is 33.1 Å². The predicted molar refractivity (Wildman–Crippen MR) is 106 cm³/mol. The number of nitrogens with zero attached hydrogens (tertiary/aromatic N) is 2. The van der Waals surface area contributed by atoms with Crippen molar-refractivity contribution in [2.45, 2.75) is 0 Å². The van der Waals surface area contributed by atoms with E-state index in [2.05, 4.69) is 32.5 Å². The molecule has 0 unspecified atom stereocenters. The minimum Gasteiger partial charge on any atom is -0.340 e. The molecule has 3 aromatic rings. The first kappa shape index (κ1) is 18.1. The van der Waals surface area contributed by atoms with Crippen molar-refractivity contribution in [3.05, 3.63) is 73.3 Å². The molecule has 3 rings (SSSR count). The molecule has 3 N–H and O–H groups in total. The average Bonchev–Trinajstić information content (AvgIpc) is 2.64. The molecule has 0 saturated heterocycles. The van der Waals surface area contributed by atoms with Gasteiger partial charge in [-0.3, -0.25) is 4.79 Å². The Kier molecular flexibility index (Phi) is 5.46. The second-order valence-electron chi connectivity index (χ2n) is 5.55. The van der Waals surface area contributed by atoms with E-state index in [1.165, 1.54) is 24.5 Å². The first-order valence-corrected chi connectivity index (χ1v) is 7.98. The van der Waals surface area contributed by atoms with Crippen molar-refractivity contribution < 1.29 is 9.18 Å². The Hall–Kier alpha value is -3.68. The minimum absolute atomic E-state index is 0.253. The zero-order chi connectivity index (χ0) is 19.2. The highest BCUT2D eigenvalue weighted by molar-refractivity contribution is 6.32. The molecule has 6 nitrogen and oxygen atoms in total. The quantitative estimate of drug-likeness (QED) is 0.466. The molecule has 0 aliphatic heterocycles. The van der Waals surface area contributed by atoms with E-state index in [1.807, 2.05) is 6.07 Å². The van der Waals surface area contributed by atoms with Crippen molar-refractivity contribution in [3.8, 4) is 0 Å². The zero-order valence-electron chi connectivity index (χ0n) is 14.2. The first-order chi connectivity index (χ1) is 13.0. The summed E-state index contributed by atoms with van der Waals surface area (Å²) in [5.74, 6) is 0.128. The molecule has 132 valence electrons. The summed E-state index contributed by atoms with van der Waals surface area (Å²) in [7, 11) is 5.55. The van der Waals surface area contributed by atoms with Gasteiger partial charge < -0.3 is 16.0 Å². The third-order valence-electron chi connectivity index (χ3n) is 3.51. The second-order valence-corrected chi connectivity index (χ2v) is 5.55. The summed E-state index contributed by atoms with van der Waals surface area (Å²) in [6.45, 7) is 3.42. The van der Waals surface area contributed by atoms with Crippen LogP contribution in [0.3, 0.4) is 0 Å². The number of hydrogen-bond donors (Lipinski definition) is 3. The molecule has 0 saturated carbocycles. The van der Waals surface area contributed by atoms with E-state index in [0.29, 0.717) is 28.5 Å². The van der Waals surface area contributed by atoms with Crippen molar-refractivity contribution in [1.82, 2.24) is 9.97 Å². The van der Waals surface area contributed by atoms with E-state index < -0.39 is 5.82 Å². The number of benzene rings is 2. The fourth-order valence-electron chi connectivity index (χ4n) is 2.28. The molecule has 1 heterocycles. The largest absolute Gasteiger partial charge is 0.340 e. The molecule has 2 aromatic carbocycles. The second kappa shape index (κ2) is 8.14. The van der Waals surface area contributed by atoms with Gasteiger partial charge in [-0.2, -0.15) is 0 Å². The number of rotatable bonds is 6. The Morgan fingerprint density at radius 1 is 1.04 bits per heavy atom. The summed E-state index contributed by atoms with van der Waals surface area (Å²) in [5, 5.41) is 8.66. The van der Waals surface area contributed by atoms with Gasteiger partial charge in [-0.15, -0.1) is 0 Å². The lowest BCUT2D eigenvalue weighted by atomic mass is 9.96. The number of nitrogens with one attached hydrogen (secondary N) is 3. The number of aromatic nitrogens is 2. The average molecular weight is 359 g/mol. The third kappa shape index (κ3) is 4.91. The van der Waals surface area contributed by atoms with E-state index >= 15 is 0 Å². The molecule has 0 aliphatic rings. The normalized spacial score (nSPS) is 10.1. The van der Waals surface area contributed by atoms with Crippen LogP contribution in [0, 0.1) is 5.82 Å². The molecule has 0 atom stereocenters. The van der Waals surface area contributed by atoms with Gasteiger partial charge >= 0.3 is 0 Å². The smallest absolute Gasteiger partial charge is 0.247 e.